The summed E-state index contributed by atoms with van der Waals surface area (Å²) in [5.74, 6) is 0.644. The van der Waals surface area contributed by atoms with Crippen molar-refractivity contribution in [3.8, 4) is 0 Å². The van der Waals surface area contributed by atoms with Crippen LogP contribution in [0, 0.1) is 13.8 Å². The number of aromatic nitrogens is 3. The minimum absolute atomic E-state index is 0.158. The van der Waals surface area contributed by atoms with Gasteiger partial charge in [0.15, 0.2) is 0 Å². The molecule has 1 aromatic carbocycles. The molecule has 0 amide bonds. The zero-order valence-electron chi connectivity index (χ0n) is 13.2. The number of benzene rings is 1. The minimum Gasteiger partial charge on any atom is -0.362 e. The van der Waals surface area contributed by atoms with E-state index in [0.29, 0.717) is 23.1 Å². The maximum absolute atomic E-state index is 12.8. The van der Waals surface area contributed by atoms with E-state index in [0.717, 1.165) is 21.4 Å². The fourth-order valence-corrected chi connectivity index (χ4v) is 2.90. The average Bonchev–Trinajstić information content (AvgIpc) is 2.84. The van der Waals surface area contributed by atoms with Crippen molar-refractivity contribution in [2.75, 3.05) is 0 Å². The van der Waals surface area contributed by atoms with Crippen molar-refractivity contribution in [2.45, 2.75) is 27.2 Å². The van der Waals surface area contributed by atoms with Gasteiger partial charge in [-0.05, 0) is 38.1 Å². The Labute approximate surface area is 142 Å². The molecule has 23 heavy (non-hydrogen) atoms. The zero-order valence-corrected chi connectivity index (χ0v) is 14.8. The number of nitrogens with one attached hydrogen (secondary N) is 1. The lowest BCUT2D eigenvalue weighted by Gasteiger charge is -2.07. The second kappa shape index (κ2) is 6.12. The van der Waals surface area contributed by atoms with Crippen molar-refractivity contribution >= 4 is 33.0 Å². The van der Waals surface area contributed by atoms with Crippen LogP contribution in [0.4, 0.5) is 0 Å². The highest BCUT2D eigenvalue weighted by molar-refractivity contribution is 9.10. The van der Waals surface area contributed by atoms with Crippen LogP contribution in [0.2, 0.25) is 0 Å². The lowest BCUT2D eigenvalue weighted by molar-refractivity contribution is 0.734. The molecule has 6 heteroatoms. The van der Waals surface area contributed by atoms with Gasteiger partial charge in [0.1, 0.15) is 5.82 Å². The molecule has 0 radical (unpaired) electrons. The Balaban J connectivity index is 2.17. The lowest BCUT2D eigenvalue weighted by atomic mass is 10.2. The number of aryl methyl sites for hydroxylation is 3. The van der Waals surface area contributed by atoms with Crippen LogP contribution < -0.4 is 5.56 Å². The van der Waals surface area contributed by atoms with Crippen LogP contribution >= 0.6 is 15.9 Å². The standard InChI is InChI=1S/C17H17BrN4O/c1-4-16-21-15-6-5-13(18)8-14(15)17(23)22(16)19-9-12-7-10(2)20-11(12)3/h5-9,20H,4H2,1-3H3. The number of hydrogen-bond acceptors (Lipinski definition) is 3. The van der Waals surface area contributed by atoms with Gasteiger partial charge in [-0.25, -0.2) is 4.98 Å². The third-order valence-electron chi connectivity index (χ3n) is 3.69. The van der Waals surface area contributed by atoms with E-state index in [2.05, 4.69) is 31.0 Å². The highest BCUT2D eigenvalue weighted by Crippen LogP contribution is 2.16. The first-order valence-corrected chi connectivity index (χ1v) is 8.20. The Bertz CT molecular complexity index is 969. The molecule has 0 saturated heterocycles. The molecule has 0 aliphatic heterocycles. The Morgan fingerprint density at radius 1 is 1.35 bits per heavy atom. The maximum atomic E-state index is 12.8. The van der Waals surface area contributed by atoms with Gasteiger partial charge in [-0.15, -0.1) is 0 Å². The van der Waals surface area contributed by atoms with Crippen molar-refractivity contribution in [1.29, 1.82) is 0 Å². The Kier molecular flexibility index (Phi) is 4.17. The van der Waals surface area contributed by atoms with Gasteiger partial charge in [-0.2, -0.15) is 9.78 Å². The van der Waals surface area contributed by atoms with Crippen LogP contribution in [0.3, 0.4) is 0 Å². The summed E-state index contributed by atoms with van der Waals surface area (Å²) in [5, 5.41) is 4.93. The number of rotatable bonds is 3. The van der Waals surface area contributed by atoms with Crippen LogP contribution in [-0.4, -0.2) is 20.9 Å². The smallest absolute Gasteiger partial charge is 0.282 e. The van der Waals surface area contributed by atoms with Gasteiger partial charge in [-0.3, -0.25) is 4.79 Å². The molecule has 0 saturated carbocycles. The third-order valence-corrected chi connectivity index (χ3v) is 4.19. The summed E-state index contributed by atoms with van der Waals surface area (Å²) in [6, 6.07) is 7.50. The van der Waals surface area contributed by atoms with Gasteiger partial charge in [-0.1, -0.05) is 22.9 Å². The number of aromatic amines is 1. The predicted molar refractivity (Wildman–Crippen MR) is 96.3 cm³/mol. The molecule has 5 nitrogen and oxygen atoms in total. The monoisotopic (exact) mass is 372 g/mol. The van der Waals surface area contributed by atoms with Gasteiger partial charge >= 0.3 is 0 Å². The normalized spacial score (nSPS) is 11.7. The predicted octanol–water partition coefficient (Wildman–Crippen LogP) is 3.55. The summed E-state index contributed by atoms with van der Waals surface area (Å²) < 4.78 is 2.23. The van der Waals surface area contributed by atoms with Gasteiger partial charge < -0.3 is 4.98 Å². The van der Waals surface area contributed by atoms with E-state index >= 15 is 0 Å². The van der Waals surface area contributed by atoms with E-state index in [1.54, 1.807) is 12.3 Å². The minimum atomic E-state index is -0.158. The highest BCUT2D eigenvalue weighted by atomic mass is 79.9. The van der Waals surface area contributed by atoms with Crippen LogP contribution in [-0.2, 0) is 6.42 Å². The molecule has 3 aromatic rings. The van der Waals surface area contributed by atoms with E-state index in [4.69, 9.17) is 0 Å². The topological polar surface area (TPSA) is 63.0 Å². The van der Waals surface area contributed by atoms with Crippen molar-refractivity contribution in [2.24, 2.45) is 5.10 Å². The Morgan fingerprint density at radius 2 is 2.13 bits per heavy atom. The molecule has 0 spiro atoms. The average molecular weight is 373 g/mol. The maximum Gasteiger partial charge on any atom is 0.282 e. The first kappa shape index (κ1) is 15.7. The number of nitrogens with zero attached hydrogens (tertiary/aromatic N) is 3. The molecule has 0 bridgehead atoms. The van der Waals surface area contributed by atoms with E-state index in [9.17, 15) is 4.79 Å². The molecule has 1 N–H and O–H groups in total. The van der Waals surface area contributed by atoms with Crippen LogP contribution in [0.25, 0.3) is 10.9 Å². The summed E-state index contributed by atoms with van der Waals surface area (Å²) in [7, 11) is 0. The summed E-state index contributed by atoms with van der Waals surface area (Å²) in [5.41, 5.74) is 3.58. The Hall–Kier alpha value is -2.21. The fourth-order valence-electron chi connectivity index (χ4n) is 2.54. The molecule has 0 fully saturated rings. The first-order chi connectivity index (χ1) is 11.0. The summed E-state index contributed by atoms with van der Waals surface area (Å²) in [4.78, 5) is 20.5. The van der Waals surface area contributed by atoms with Crippen molar-refractivity contribution in [3.63, 3.8) is 0 Å². The molecular formula is C17H17BrN4O. The quantitative estimate of drug-likeness (QED) is 0.714. The van der Waals surface area contributed by atoms with Crippen LogP contribution in [0.1, 0.15) is 29.7 Å². The molecule has 2 aromatic heterocycles. The number of fused-ring (bicyclic) bond motifs is 1. The highest BCUT2D eigenvalue weighted by Gasteiger charge is 2.10. The molecule has 0 aliphatic rings. The molecule has 0 atom stereocenters. The summed E-state index contributed by atoms with van der Waals surface area (Å²) in [6.07, 6.45) is 2.33. The van der Waals surface area contributed by atoms with Crippen molar-refractivity contribution in [3.05, 3.63) is 61.9 Å². The van der Waals surface area contributed by atoms with Crippen LogP contribution in [0.15, 0.2) is 38.6 Å². The summed E-state index contributed by atoms with van der Waals surface area (Å²) >= 11 is 3.40. The second-order valence-electron chi connectivity index (χ2n) is 5.44. The molecular weight excluding hydrogens is 356 g/mol. The fraction of sp³-hybridized carbons (Fsp3) is 0.235. The van der Waals surface area contributed by atoms with E-state index in [1.165, 1.54) is 4.68 Å². The van der Waals surface area contributed by atoms with Crippen molar-refractivity contribution < 1.29 is 0 Å². The Morgan fingerprint density at radius 3 is 2.78 bits per heavy atom. The molecule has 0 unspecified atom stereocenters. The number of halogens is 1. The molecule has 0 aliphatic carbocycles. The van der Waals surface area contributed by atoms with Gasteiger partial charge in [0.25, 0.3) is 5.56 Å². The van der Waals surface area contributed by atoms with E-state index < -0.39 is 0 Å². The molecule has 118 valence electrons. The molecule has 3 rings (SSSR count). The van der Waals surface area contributed by atoms with Gasteiger partial charge in [0.05, 0.1) is 17.1 Å². The van der Waals surface area contributed by atoms with E-state index in [1.807, 2.05) is 39.0 Å². The summed E-state index contributed by atoms with van der Waals surface area (Å²) in [6.45, 7) is 5.93. The van der Waals surface area contributed by atoms with E-state index in [-0.39, 0.29) is 5.56 Å². The number of H-pyrrole nitrogens is 1. The second-order valence-corrected chi connectivity index (χ2v) is 6.35. The molecule has 2 heterocycles. The van der Waals surface area contributed by atoms with Crippen molar-refractivity contribution in [1.82, 2.24) is 14.6 Å². The largest absolute Gasteiger partial charge is 0.362 e. The van der Waals surface area contributed by atoms with Crippen LogP contribution in [0.5, 0.6) is 0 Å². The van der Waals surface area contributed by atoms with Gasteiger partial charge in [0.2, 0.25) is 0 Å². The zero-order chi connectivity index (χ0) is 16.6. The SMILES string of the molecule is CCc1nc2ccc(Br)cc2c(=O)n1N=Cc1cc(C)[nH]c1C. The number of hydrogen-bond donors (Lipinski definition) is 1. The third kappa shape index (κ3) is 2.99. The van der Waals surface area contributed by atoms with Gasteiger partial charge in [0, 0.05) is 27.8 Å². The lowest BCUT2D eigenvalue weighted by Crippen LogP contribution is -2.22. The first-order valence-electron chi connectivity index (χ1n) is 7.41.